The van der Waals surface area contributed by atoms with Gasteiger partial charge < -0.3 is 14.8 Å². The van der Waals surface area contributed by atoms with Crippen molar-refractivity contribution >= 4 is 5.91 Å². The predicted molar refractivity (Wildman–Crippen MR) is 92.1 cm³/mol. The Morgan fingerprint density at radius 1 is 1.26 bits per heavy atom. The number of hydrogen-bond acceptors (Lipinski definition) is 3. The highest BCUT2D eigenvalue weighted by Gasteiger charge is 2.24. The average molecular weight is 319 g/mol. The van der Waals surface area contributed by atoms with Gasteiger partial charge in [-0.25, -0.2) is 0 Å². The van der Waals surface area contributed by atoms with Crippen LogP contribution in [-0.2, 0) is 4.79 Å². The maximum atomic E-state index is 12.4. The molecule has 0 aromatic heterocycles. The summed E-state index contributed by atoms with van der Waals surface area (Å²) in [6.07, 6.45) is 5.30. The van der Waals surface area contributed by atoms with Crippen LogP contribution in [0.5, 0.6) is 11.5 Å². The van der Waals surface area contributed by atoms with E-state index in [2.05, 4.69) is 19.2 Å². The van der Waals surface area contributed by atoms with E-state index in [4.69, 9.17) is 9.47 Å². The minimum atomic E-state index is 0.106. The van der Waals surface area contributed by atoms with Gasteiger partial charge in [0, 0.05) is 18.5 Å². The van der Waals surface area contributed by atoms with E-state index < -0.39 is 0 Å². The Bertz CT molecular complexity index is 529. The number of methoxy groups -OCH3 is 2. The van der Waals surface area contributed by atoms with Crippen LogP contribution in [0.3, 0.4) is 0 Å². The Hall–Kier alpha value is -1.71. The van der Waals surface area contributed by atoms with E-state index in [-0.39, 0.29) is 11.8 Å². The standard InChI is InChI=1S/C19H29NO3/c1-13-7-5-6-8-17(13)20-19(21)11-14(2)16-10-9-15(22-3)12-18(16)23-4/h9-10,12-14,17H,5-8,11H2,1-4H3,(H,20,21). The zero-order valence-corrected chi connectivity index (χ0v) is 14.7. The van der Waals surface area contributed by atoms with E-state index in [1.54, 1.807) is 14.2 Å². The third-order valence-electron chi connectivity index (χ3n) is 4.92. The van der Waals surface area contributed by atoms with Gasteiger partial charge in [0.1, 0.15) is 11.5 Å². The van der Waals surface area contributed by atoms with E-state index in [0.29, 0.717) is 18.4 Å². The van der Waals surface area contributed by atoms with E-state index >= 15 is 0 Å². The smallest absolute Gasteiger partial charge is 0.220 e. The Labute approximate surface area is 139 Å². The number of carbonyl (C=O) groups excluding carboxylic acids is 1. The summed E-state index contributed by atoms with van der Waals surface area (Å²) in [5.41, 5.74) is 1.04. The maximum absolute atomic E-state index is 12.4. The summed E-state index contributed by atoms with van der Waals surface area (Å²) in [5.74, 6) is 2.36. The molecule has 1 amide bonds. The summed E-state index contributed by atoms with van der Waals surface area (Å²) in [6, 6.07) is 6.10. The van der Waals surface area contributed by atoms with Crippen LogP contribution < -0.4 is 14.8 Å². The zero-order valence-electron chi connectivity index (χ0n) is 14.7. The van der Waals surface area contributed by atoms with Crippen molar-refractivity contribution in [2.45, 2.75) is 57.9 Å². The van der Waals surface area contributed by atoms with E-state index in [0.717, 1.165) is 23.5 Å². The fourth-order valence-corrected chi connectivity index (χ4v) is 3.41. The lowest BCUT2D eigenvalue weighted by Gasteiger charge is -2.30. The minimum Gasteiger partial charge on any atom is -0.497 e. The quantitative estimate of drug-likeness (QED) is 0.865. The lowest BCUT2D eigenvalue weighted by molar-refractivity contribution is -0.122. The van der Waals surface area contributed by atoms with E-state index in [1.165, 1.54) is 19.3 Å². The van der Waals surface area contributed by atoms with Gasteiger partial charge in [0.05, 0.1) is 14.2 Å². The zero-order chi connectivity index (χ0) is 16.8. The van der Waals surface area contributed by atoms with Gasteiger partial charge in [-0.1, -0.05) is 32.8 Å². The Morgan fingerprint density at radius 3 is 2.65 bits per heavy atom. The molecule has 0 aliphatic heterocycles. The molecule has 1 saturated carbocycles. The van der Waals surface area contributed by atoms with Crippen molar-refractivity contribution in [3.05, 3.63) is 23.8 Å². The van der Waals surface area contributed by atoms with Gasteiger partial charge in [-0.05, 0) is 36.3 Å². The normalized spacial score (nSPS) is 22.3. The lowest BCUT2D eigenvalue weighted by Crippen LogP contribution is -2.41. The highest BCUT2D eigenvalue weighted by Crippen LogP contribution is 2.32. The summed E-state index contributed by atoms with van der Waals surface area (Å²) in [6.45, 7) is 4.30. The largest absolute Gasteiger partial charge is 0.497 e. The fraction of sp³-hybridized carbons (Fsp3) is 0.632. The Kier molecular flexibility index (Phi) is 6.31. The maximum Gasteiger partial charge on any atom is 0.220 e. The molecule has 1 aliphatic rings. The predicted octanol–water partition coefficient (Wildman–Crippen LogP) is 3.89. The van der Waals surface area contributed by atoms with Crippen molar-refractivity contribution in [2.75, 3.05) is 14.2 Å². The van der Waals surface area contributed by atoms with Crippen molar-refractivity contribution in [1.29, 1.82) is 0 Å². The molecule has 0 bridgehead atoms. The van der Waals surface area contributed by atoms with Gasteiger partial charge >= 0.3 is 0 Å². The second-order valence-corrected chi connectivity index (χ2v) is 6.65. The van der Waals surface area contributed by atoms with Crippen LogP contribution in [0.4, 0.5) is 0 Å². The fourth-order valence-electron chi connectivity index (χ4n) is 3.41. The molecule has 1 fully saturated rings. The molecule has 1 aromatic rings. The molecule has 3 atom stereocenters. The molecule has 23 heavy (non-hydrogen) atoms. The van der Waals surface area contributed by atoms with E-state index in [9.17, 15) is 4.79 Å². The summed E-state index contributed by atoms with van der Waals surface area (Å²) in [7, 11) is 3.28. The van der Waals surface area contributed by atoms with Gasteiger partial charge in [-0.3, -0.25) is 4.79 Å². The molecular formula is C19H29NO3. The van der Waals surface area contributed by atoms with Crippen LogP contribution >= 0.6 is 0 Å². The number of rotatable bonds is 6. The number of ether oxygens (including phenoxy) is 2. The highest BCUT2D eigenvalue weighted by atomic mass is 16.5. The number of hydrogen-bond donors (Lipinski definition) is 1. The topological polar surface area (TPSA) is 47.6 Å². The average Bonchev–Trinajstić information content (AvgIpc) is 2.56. The molecule has 2 rings (SSSR count). The van der Waals surface area contributed by atoms with Crippen LogP contribution in [0.25, 0.3) is 0 Å². The minimum absolute atomic E-state index is 0.106. The highest BCUT2D eigenvalue weighted by molar-refractivity contribution is 5.77. The Morgan fingerprint density at radius 2 is 2.00 bits per heavy atom. The first-order chi connectivity index (χ1) is 11.0. The van der Waals surface area contributed by atoms with Crippen LogP contribution in [0.1, 0.15) is 57.4 Å². The molecule has 0 radical (unpaired) electrons. The van der Waals surface area contributed by atoms with Crippen molar-refractivity contribution in [3.63, 3.8) is 0 Å². The second-order valence-electron chi connectivity index (χ2n) is 6.65. The molecule has 0 saturated heterocycles. The van der Waals surface area contributed by atoms with Crippen molar-refractivity contribution in [1.82, 2.24) is 5.32 Å². The third-order valence-corrected chi connectivity index (χ3v) is 4.92. The van der Waals surface area contributed by atoms with Gasteiger partial charge in [-0.2, -0.15) is 0 Å². The number of carbonyl (C=O) groups is 1. The first-order valence-corrected chi connectivity index (χ1v) is 8.56. The van der Waals surface area contributed by atoms with Gasteiger partial charge in [-0.15, -0.1) is 0 Å². The van der Waals surface area contributed by atoms with E-state index in [1.807, 2.05) is 18.2 Å². The monoisotopic (exact) mass is 319 g/mol. The molecule has 1 aromatic carbocycles. The van der Waals surface area contributed by atoms with Crippen molar-refractivity contribution < 1.29 is 14.3 Å². The Balaban J connectivity index is 1.98. The van der Waals surface area contributed by atoms with Crippen molar-refractivity contribution in [3.8, 4) is 11.5 Å². The third kappa shape index (κ3) is 4.63. The molecule has 0 heterocycles. The molecule has 3 unspecified atom stereocenters. The lowest BCUT2D eigenvalue weighted by atomic mass is 9.85. The SMILES string of the molecule is COc1ccc(C(C)CC(=O)NC2CCCCC2C)c(OC)c1. The molecule has 1 aliphatic carbocycles. The van der Waals surface area contributed by atoms with Crippen molar-refractivity contribution in [2.24, 2.45) is 5.92 Å². The summed E-state index contributed by atoms with van der Waals surface area (Å²) < 4.78 is 10.7. The summed E-state index contributed by atoms with van der Waals surface area (Å²) >= 11 is 0. The molecule has 4 heteroatoms. The number of nitrogens with one attached hydrogen (secondary N) is 1. The van der Waals surface area contributed by atoms with Crippen LogP contribution in [0.2, 0.25) is 0 Å². The molecular weight excluding hydrogens is 290 g/mol. The number of amides is 1. The van der Waals surface area contributed by atoms with Gasteiger partial charge in [0.2, 0.25) is 5.91 Å². The second kappa shape index (κ2) is 8.23. The van der Waals surface area contributed by atoms with Crippen LogP contribution in [-0.4, -0.2) is 26.2 Å². The van der Waals surface area contributed by atoms with Gasteiger partial charge in [0.15, 0.2) is 0 Å². The molecule has 128 valence electrons. The first kappa shape index (κ1) is 17.6. The number of benzene rings is 1. The molecule has 0 spiro atoms. The summed E-state index contributed by atoms with van der Waals surface area (Å²) in [4.78, 5) is 12.4. The van der Waals surface area contributed by atoms with Gasteiger partial charge in [0.25, 0.3) is 0 Å². The van der Waals surface area contributed by atoms with Crippen LogP contribution in [0.15, 0.2) is 18.2 Å². The van der Waals surface area contributed by atoms with Crippen LogP contribution in [0, 0.1) is 5.92 Å². The first-order valence-electron chi connectivity index (χ1n) is 8.56. The summed E-state index contributed by atoms with van der Waals surface area (Å²) in [5, 5.41) is 3.22. The molecule has 1 N–H and O–H groups in total. The molecule has 4 nitrogen and oxygen atoms in total.